The SMILES string of the molecule is O=S(=O)(c1ccccc1S)C(F)(F)F. The fourth-order valence-electron chi connectivity index (χ4n) is 0.809. The van der Waals surface area contributed by atoms with Gasteiger partial charge in [0, 0.05) is 4.90 Å². The van der Waals surface area contributed by atoms with Gasteiger partial charge < -0.3 is 0 Å². The topological polar surface area (TPSA) is 34.1 Å². The molecular formula is C7H5F3O2S2. The van der Waals surface area contributed by atoms with Crippen molar-refractivity contribution in [3.63, 3.8) is 0 Å². The Morgan fingerprint density at radius 2 is 1.64 bits per heavy atom. The van der Waals surface area contributed by atoms with E-state index < -0.39 is 20.2 Å². The second-order valence-corrected chi connectivity index (χ2v) is 4.81. The summed E-state index contributed by atoms with van der Waals surface area (Å²) < 4.78 is 58.0. The Kier molecular flexibility index (Phi) is 2.82. The standard InChI is InChI=1S/C7H5F3O2S2/c8-7(9,10)14(11,12)6-4-2-1-3-5(6)13/h1-4,13H. The van der Waals surface area contributed by atoms with E-state index in [2.05, 4.69) is 12.6 Å². The minimum atomic E-state index is -5.29. The average Bonchev–Trinajstić information content (AvgIpc) is 2.02. The Bertz CT molecular complexity index is 436. The summed E-state index contributed by atoms with van der Waals surface area (Å²) in [5.74, 6) is 0. The van der Waals surface area contributed by atoms with E-state index in [-0.39, 0.29) is 4.90 Å². The molecule has 0 spiro atoms. The monoisotopic (exact) mass is 242 g/mol. The van der Waals surface area contributed by atoms with Crippen molar-refractivity contribution in [3.8, 4) is 0 Å². The molecule has 0 aliphatic carbocycles. The van der Waals surface area contributed by atoms with Crippen LogP contribution in [0.4, 0.5) is 13.2 Å². The predicted octanol–water partition coefficient (Wildman–Crippen LogP) is 2.27. The van der Waals surface area contributed by atoms with Crippen molar-refractivity contribution in [3.05, 3.63) is 24.3 Å². The van der Waals surface area contributed by atoms with E-state index in [9.17, 15) is 21.6 Å². The first-order valence-corrected chi connectivity index (χ1v) is 5.29. The van der Waals surface area contributed by atoms with Crippen molar-refractivity contribution >= 4 is 22.5 Å². The van der Waals surface area contributed by atoms with Crippen LogP contribution in [-0.4, -0.2) is 13.9 Å². The van der Waals surface area contributed by atoms with Crippen molar-refractivity contribution in [2.45, 2.75) is 15.3 Å². The molecule has 0 heterocycles. The van der Waals surface area contributed by atoms with E-state index in [0.717, 1.165) is 6.07 Å². The molecule has 0 atom stereocenters. The molecule has 0 fully saturated rings. The van der Waals surface area contributed by atoms with E-state index in [1.807, 2.05) is 0 Å². The third kappa shape index (κ3) is 1.88. The second-order valence-electron chi connectivity index (χ2n) is 2.42. The van der Waals surface area contributed by atoms with E-state index in [0.29, 0.717) is 0 Å². The molecule has 1 rings (SSSR count). The summed E-state index contributed by atoms with van der Waals surface area (Å²) >= 11 is 3.64. The number of thiol groups is 1. The molecule has 0 radical (unpaired) electrons. The molecule has 0 aliphatic rings. The summed E-state index contributed by atoms with van der Waals surface area (Å²) in [5, 5.41) is 0. The van der Waals surface area contributed by atoms with Gasteiger partial charge in [-0.1, -0.05) is 12.1 Å². The molecule has 14 heavy (non-hydrogen) atoms. The highest BCUT2D eigenvalue weighted by atomic mass is 32.2. The maximum absolute atomic E-state index is 12.1. The van der Waals surface area contributed by atoms with Gasteiger partial charge >= 0.3 is 5.51 Å². The Morgan fingerprint density at radius 3 is 2.07 bits per heavy atom. The van der Waals surface area contributed by atoms with E-state index >= 15 is 0 Å². The van der Waals surface area contributed by atoms with Gasteiger partial charge in [0.15, 0.2) is 0 Å². The van der Waals surface area contributed by atoms with Gasteiger partial charge in [-0.05, 0) is 12.1 Å². The number of alkyl halides is 3. The van der Waals surface area contributed by atoms with Gasteiger partial charge in [-0.2, -0.15) is 13.2 Å². The van der Waals surface area contributed by atoms with Crippen molar-refractivity contribution in [1.29, 1.82) is 0 Å². The molecule has 0 unspecified atom stereocenters. The van der Waals surface area contributed by atoms with Crippen LogP contribution in [0.3, 0.4) is 0 Å². The summed E-state index contributed by atoms with van der Waals surface area (Å²) in [7, 11) is -5.28. The third-order valence-corrected chi connectivity index (χ3v) is 3.55. The molecule has 7 heteroatoms. The maximum atomic E-state index is 12.1. The molecule has 0 amide bonds. The predicted molar refractivity (Wildman–Crippen MR) is 46.9 cm³/mol. The lowest BCUT2D eigenvalue weighted by molar-refractivity contribution is -0.0437. The second kappa shape index (κ2) is 3.47. The zero-order chi connectivity index (χ0) is 11.0. The third-order valence-electron chi connectivity index (χ3n) is 1.46. The van der Waals surface area contributed by atoms with Gasteiger partial charge in [0.1, 0.15) is 0 Å². The summed E-state index contributed by atoms with van der Waals surface area (Å²) in [6, 6.07) is 4.66. The average molecular weight is 242 g/mol. The van der Waals surface area contributed by atoms with Gasteiger partial charge in [-0.25, -0.2) is 8.42 Å². The lowest BCUT2D eigenvalue weighted by atomic mass is 10.4. The van der Waals surface area contributed by atoms with Crippen LogP contribution in [0.15, 0.2) is 34.1 Å². The molecule has 0 aliphatic heterocycles. The normalized spacial score (nSPS) is 12.9. The number of sulfone groups is 1. The molecule has 1 aromatic rings. The molecule has 0 N–H and O–H groups in total. The maximum Gasteiger partial charge on any atom is 0.501 e. The van der Waals surface area contributed by atoms with Crippen molar-refractivity contribution in [2.75, 3.05) is 0 Å². The van der Waals surface area contributed by atoms with Gasteiger partial charge in [0.25, 0.3) is 9.84 Å². The number of halogens is 3. The Balaban J connectivity index is 3.40. The van der Waals surface area contributed by atoms with Crippen LogP contribution in [0, 0.1) is 0 Å². The molecule has 1 aromatic carbocycles. The molecule has 0 aromatic heterocycles. The van der Waals surface area contributed by atoms with Crippen molar-refractivity contribution < 1.29 is 21.6 Å². The highest BCUT2D eigenvalue weighted by Gasteiger charge is 2.47. The van der Waals surface area contributed by atoms with E-state index in [1.165, 1.54) is 18.2 Å². The quantitative estimate of drug-likeness (QED) is 0.766. The highest BCUT2D eigenvalue weighted by molar-refractivity contribution is 7.93. The summed E-state index contributed by atoms with van der Waals surface area (Å²) in [5.41, 5.74) is -5.29. The Morgan fingerprint density at radius 1 is 1.14 bits per heavy atom. The molecular weight excluding hydrogens is 237 g/mol. The van der Waals surface area contributed by atoms with Crippen LogP contribution in [0.5, 0.6) is 0 Å². The highest BCUT2D eigenvalue weighted by Crippen LogP contribution is 2.32. The molecule has 0 bridgehead atoms. The number of hydrogen-bond acceptors (Lipinski definition) is 3. The van der Waals surface area contributed by atoms with Crippen LogP contribution in [0.2, 0.25) is 0 Å². The van der Waals surface area contributed by atoms with Gasteiger partial charge in [0.05, 0.1) is 4.90 Å². The summed E-state index contributed by atoms with van der Waals surface area (Å²) in [4.78, 5) is -1.04. The van der Waals surface area contributed by atoms with Crippen molar-refractivity contribution in [2.24, 2.45) is 0 Å². The lowest BCUT2D eigenvalue weighted by Crippen LogP contribution is -2.23. The minimum absolute atomic E-state index is 0.218. The zero-order valence-electron chi connectivity index (χ0n) is 6.62. The first kappa shape index (κ1) is 11.4. The number of rotatable bonds is 1. The first-order chi connectivity index (χ1) is 6.27. The smallest absolute Gasteiger partial charge is 0.214 e. The minimum Gasteiger partial charge on any atom is -0.214 e. The first-order valence-electron chi connectivity index (χ1n) is 3.36. The lowest BCUT2D eigenvalue weighted by Gasteiger charge is -2.09. The Hall–Kier alpha value is -0.690. The van der Waals surface area contributed by atoms with E-state index in [1.54, 1.807) is 0 Å². The fourth-order valence-corrected chi connectivity index (χ4v) is 2.18. The van der Waals surface area contributed by atoms with Gasteiger partial charge in [-0.3, -0.25) is 0 Å². The van der Waals surface area contributed by atoms with E-state index in [4.69, 9.17) is 0 Å². The zero-order valence-corrected chi connectivity index (χ0v) is 8.33. The van der Waals surface area contributed by atoms with Crippen LogP contribution in [-0.2, 0) is 9.84 Å². The Labute approximate surface area is 84.1 Å². The largest absolute Gasteiger partial charge is 0.501 e. The number of benzene rings is 1. The fraction of sp³-hybridized carbons (Fsp3) is 0.143. The van der Waals surface area contributed by atoms with Gasteiger partial charge in [-0.15, -0.1) is 12.6 Å². The van der Waals surface area contributed by atoms with Crippen LogP contribution >= 0.6 is 12.6 Å². The summed E-state index contributed by atoms with van der Waals surface area (Å²) in [6.45, 7) is 0. The van der Waals surface area contributed by atoms with Crippen LogP contribution < -0.4 is 0 Å². The van der Waals surface area contributed by atoms with Crippen molar-refractivity contribution in [1.82, 2.24) is 0 Å². The molecule has 2 nitrogen and oxygen atoms in total. The van der Waals surface area contributed by atoms with Crippen LogP contribution in [0.1, 0.15) is 0 Å². The summed E-state index contributed by atoms with van der Waals surface area (Å²) in [6.07, 6.45) is 0. The molecule has 78 valence electrons. The van der Waals surface area contributed by atoms with Gasteiger partial charge in [0.2, 0.25) is 0 Å². The molecule has 0 saturated heterocycles. The van der Waals surface area contributed by atoms with Crippen LogP contribution in [0.25, 0.3) is 0 Å². The number of hydrogen-bond donors (Lipinski definition) is 1. The molecule has 0 saturated carbocycles.